The van der Waals surface area contributed by atoms with Crippen LogP contribution in [-0.4, -0.2) is 26.1 Å². The van der Waals surface area contributed by atoms with Gasteiger partial charge in [-0.05, 0) is 25.2 Å². The maximum absolute atomic E-state index is 5.95. The standard InChI is InChI=1S/C15H19N3O/c1-16-10-12-11-17-8-7-15(12)19-14-6-4-5-13(9-14)18(2)3/h4-9,11,16H,10H2,1-3H3. The van der Waals surface area contributed by atoms with Gasteiger partial charge in [0.15, 0.2) is 0 Å². The Hall–Kier alpha value is -2.07. The van der Waals surface area contributed by atoms with Gasteiger partial charge in [-0.2, -0.15) is 0 Å². The van der Waals surface area contributed by atoms with E-state index in [1.807, 2.05) is 62.6 Å². The van der Waals surface area contributed by atoms with Gasteiger partial charge in [0.1, 0.15) is 11.5 Å². The van der Waals surface area contributed by atoms with Crippen LogP contribution in [0.1, 0.15) is 5.56 Å². The summed E-state index contributed by atoms with van der Waals surface area (Å²) in [6.07, 6.45) is 3.56. The smallest absolute Gasteiger partial charge is 0.134 e. The van der Waals surface area contributed by atoms with Crippen molar-refractivity contribution < 1.29 is 4.74 Å². The molecule has 1 heterocycles. The van der Waals surface area contributed by atoms with E-state index in [0.717, 1.165) is 29.3 Å². The summed E-state index contributed by atoms with van der Waals surface area (Å²) in [5, 5.41) is 3.11. The lowest BCUT2D eigenvalue weighted by Gasteiger charge is -2.15. The lowest BCUT2D eigenvalue weighted by molar-refractivity contribution is 0.473. The van der Waals surface area contributed by atoms with Gasteiger partial charge in [0.25, 0.3) is 0 Å². The predicted molar refractivity (Wildman–Crippen MR) is 77.8 cm³/mol. The molecule has 0 saturated heterocycles. The van der Waals surface area contributed by atoms with Crippen LogP contribution in [0.5, 0.6) is 11.5 Å². The molecule has 0 fully saturated rings. The first-order valence-electron chi connectivity index (χ1n) is 6.23. The third-order valence-electron chi connectivity index (χ3n) is 2.79. The van der Waals surface area contributed by atoms with Crippen molar-refractivity contribution in [1.29, 1.82) is 0 Å². The largest absolute Gasteiger partial charge is 0.457 e. The fraction of sp³-hybridized carbons (Fsp3) is 0.267. The van der Waals surface area contributed by atoms with E-state index >= 15 is 0 Å². The molecule has 1 aromatic heterocycles. The number of ether oxygens (including phenoxy) is 1. The number of pyridine rings is 1. The Morgan fingerprint density at radius 2 is 2.11 bits per heavy atom. The van der Waals surface area contributed by atoms with Crippen LogP contribution in [0.4, 0.5) is 5.69 Å². The zero-order valence-electron chi connectivity index (χ0n) is 11.6. The summed E-state index contributed by atoms with van der Waals surface area (Å²) in [4.78, 5) is 6.17. The minimum absolute atomic E-state index is 0.733. The van der Waals surface area contributed by atoms with Crippen molar-refractivity contribution in [3.8, 4) is 11.5 Å². The molecule has 0 aliphatic heterocycles. The van der Waals surface area contributed by atoms with Crippen LogP contribution in [0.15, 0.2) is 42.7 Å². The Bertz CT molecular complexity index is 540. The van der Waals surface area contributed by atoms with Crippen LogP contribution >= 0.6 is 0 Å². The Labute approximate surface area is 114 Å². The lowest BCUT2D eigenvalue weighted by atomic mass is 10.2. The molecule has 4 nitrogen and oxygen atoms in total. The molecule has 19 heavy (non-hydrogen) atoms. The van der Waals surface area contributed by atoms with Gasteiger partial charge in [0.05, 0.1) is 0 Å². The van der Waals surface area contributed by atoms with E-state index in [9.17, 15) is 0 Å². The molecule has 0 atom stereocenters. The van der Waals surface area contributed by atoms with Crippen molar-refractivity contribution in [2.45, 2.75) is 6.54 Å². The molecule has 0 spiro atoms. The van der Waals surface area contributed by atoms with Crippen LogP contribution in [-0.2, 0) is 6.54 Å². The number of nitrogens with one attached hydrogen (secondary N) is 1. The Balaban J connectivity index is 2.23. The fourth-order valence-corrected chi connectivity index (χ4v) is 1.79. The van der Waals surface area contributed by atoms with E-state index in [4.69, 9.17) is 4.74 Å². The molecule has 0 amide bonds. The molecule has 0 saturated carbocycles. The molecular weight excluding hydrogens is 238 g/mol. The van der Waals surface area contributed by atoms with Crippen molar-refractivity contribution in [2.24, 2.45) is 0 Å². The molecule has 0 unspecified atom stereocenters. The molecule has 0 aliphatic carbocycles. The Kier molecular flexibility index (Phi) is 4.36. The maximum atomic E-state index is 5.95. The monoisotopic (exact) mass is 257 g/mol. The second-order valence-corrected chi connectivity index (χ2v) is 4.51. The molecule has 100 valence electrons. The molecule has 2 rings (SSSR count). The average molecular weight is 257 g/mol. The second kappa shape index (κ2) is 6.20. The van der Waals surface area contributed by atoms with Gasteiger partial charge in [0, 0.05) is 50.4 Å². The Morgan fingerprint density at radius 3 is 2.84 bits per heavy atom. The Morgan fingerprint density at radius 1 is 1.26 bits per heavy atom. The van der Waals surface area contributed by atoms with Crippen molar-refractivity contribution >= 4 is 5.69 Å². The minimum Gasteiger partial charge on any atom is -0.457 e. The topological polar surface area (TPSA) is 37.4 Å². The van der Waals surface area contributed by atoms with E-state index in [0.29, 0.717) is 0 Å². The van der Waals surface area contributed by atoms with Gasteiger partial charge >= 0.3 is 0 Å². The first-order chi connectivity index (χ1) is 9.20. The summed E-state index contributed by atoms with van der Waals surface area (Å²) in [6.45, 7) is 0.733. The van der Waals surface area contributed by atoms with E-state index in [-0.39, 0.29) is 0 Å². The lowest BCUT2D eigenvalue weighted by Crippen LogP contribution is -2.08. The van der Waals surface area contributed by atoms with E-state index in [1.54, 1.807) is 6.20 Å². The fourth-order valence-electron chi connectivity index (χ4n) is 1.79. The molecule has 1 N–H and O–H groups in total. The van der Waals surface area contributed by atoms with Gasteiger partial charge in [-0.3, -0.25) is 4.98 Å². The summed E-state index contributed by atoms with van der Waals surface area (Å²) in [7, 11) is 5.93. The van der Waals surface area contributed by atoms with Gasteiger partial charge in [-0.25, -0.2) is 0 Å². The minimum atomic E-state index is 0.733. The third-order valence-corrected chi connectivity index (χ3v) is 2.79. The van der Waals surface area contributed by atoms with Crippen LogP contribution in [0.25, 0.3) is 0 Å². The van der Waals surface area contributed by atoms with Crippen LogP contribution < -0.4 is 15.0 Å². The first kappa shape index (κ1) is 13.4. The van der Waals surface area contributed by atoms with Crippen LogP contribution in [0.2, 0.25) is 0 Å². The summed E-state index contributed by atoms with van der Waals surface area (Å²) in [6, 6.07) is 9.90. The molecule has 0 radical (unpaired) electrons. The van der Waals surface area contributed by atoms with E-state index < -0.39 is 0 Å². The normalized spacial score (nSPS) is 10.3. The van der Waals surface area contributed by atoms with Gasteiger partial charge in [-0.15, -0.1) is 0 Å². The number of hydrogen-bond acceptors (Lipinski definition) is 4. The van der Waals surface area contributed by atoms with E-state index in [2.05, 4.69) is 10.3 Å². The third kappa shape index (κ3) is 3.45. The summed E-state index contributed by atoms with van der Waals surface area (Å²) < 4.78 is 5.95. The highest BCUT2D eigenvalue weighted by Crippen LogP contribution is 2.27. The zero-order valence-corrected chi connectivity index (χ0v) is 11.6. The first-order valence-corrected chi connectivity index (χ1v) is 6.23. The van der Waals surface area contributed by atoms with Gasteiger partial charge in [0.2, 0.25) is 0 Å². The number of rotatable bonds is 5. The molecule has 0 aliphatic rings. The maximum Gasteiger partial charge on any atom is 0.134 e. The van der Waals surface area contributed by atoms with Crippen LogP contribution in [0, 0.1) is 0 Å². The SMILES string of the molecule is CNCc1cnccc1Oc1cccc(N(C)C)c1. The van der Waals surface area contributed by atoms with Gasteiger partial charge in [-0.1, -0.05) is 6.07 Å². The van der Waals surface area contributed by atoms with Crippen molar-refractivity contribution in [3.63, 3.8) is 0 Å². The van der Waals surface area contributed by atoms with Gasteiger partial charge < -0.3 is 15.0 Å². The molecule has 2 aromatic rings. The average Bonchev–Trinajstić information content (AvgIpc) is 2.41. The molecule has 0 bridgehead atoms. The quantitative estimate of drug-likeness (QED) is 0.893. The highest BCUT2D eigenvalue weighted by molar-refractivity contribution is 5.50. The number of nitrogens with zero attached hydrogens (tertiary/aromatic N) is 2. The highest BCUT2D eigenvalue weighted by Gasteiger charge is 2.05. The van der Waals surface area contributed by atoms with Crippen molar-refractivity contribution in [1.82, 2.24) is 10.3 Å². The number of benzene rings is 1. The number of hydrogen-bond donors (Lipinski definition) is 1. The predicted octanol–water partition coefficient (Wildman–Crippen LogP) is 2.66. The van der Waals surface area contributed by atoms with Crippen LogP contribution in [0.3, 0.4) is 0 Å². The molecular formula is C15H19N3O. The highest BCUT2D eigenvalue weighted by atomic mass is 16.5. The summed E-state index contributed by atoms with van der Waals surface area (Å²) in [5.41, 5.74) is 2.15. The summed E-state index contributed by atoms with van der Waals surface area (Å²) in [5.74, 6) is 1.66. The van der Waals surface area contributed by atoms with Crippen molar-refractivity contribution in [3.05, 3.63) is 48.3 Å². The number of anilines is 1. The zero-order chi connectivity index (χ0) is 13.7. The number of aromatic nitrogens is 1. The summed E-state index contributed by atoms with van der Waals surface area (Å²) >= 11 is 0. The molecule has 1 aromatic carbocycles. The molecule has 4 heteroatoms. The second-order valence-electron chi connectivity index (χ2n) is 4.51. The van der Waals surface area contributed by atoms with E-state index in [1.165, 1.54) is 0 Å². The van der Waals surface area contributed by atoms with Crippen molar-refractivity contribution in [2.75, 3.05) is 26.0 Å².